The van der Waals surface area contributed by atoms with E-state index >= 15 is 0 Å². The molecule has 0 radical (unpaired) electrons. The van der Waals surface area contributed by atoms with Gasteiger partial charge in [-0.05, 0) is 87.4 Å². The van der Waals surface area contributed by atoms with Gasteiger partial charge in [0.2, 0.25) is 12.6 Å². The number of carbonyl (C=O) groups excluding carboxylic acids is 6. The van der Waals surface area contributed by atoms with Crippen molar-refractivity contribution in [3.8, 4) is 0 Å². The van der Waals surface area contributed by atoms with Crippen molar-refractivity contribution in [1.29, 1.82) is 0 Å². The van der Waals surface area contributed by atoms with Crippen LogP contribution in [0, 0.1) is 11.8 Å². The van der Waals surface area contributed by atoms with Gasteiger partial charge in [0.25, 0.3) is 0 Å². The van der Waals surface area contributed by atoms with Crippen molar-refractivity contribution >= 4 is 73.3 Å². The van der Waals surface area contributed by atoms with Gasteiger partial charge in [-0.25, -0.2) is 0 Å². The number of ketones is 2. The summed E-state index contributed by atoms with van der Waals surface area (Å²) in [6.07, 6.45) is 21.3. The van der Waals surface area contributed by atoms with E-state index in [1.807, 2.05) is 24.3 Å². The molecule has 4 bridgehead atoms. The fourth-order valence-electron chi connectivity index (χ4n) is 7.66. The Morgan fingerprint density at radius 3 is 1.20 bits per heavy atom. The van der Waals surface area contributed by atoms with Gasteiger partial charge >= 0.3 is 11.9 Å². The van der Waals surface area contributed by atoms with Crippen molar-refractivity contribution in [3.63, 3.8) is 0 Å². The highest BCUT2D eigenvalue weighted by Gasteiger charge is 2.58. The molecule has 22 nitrogen and oxygen atoms in total. The first-order valence-electron chi connectivity index (χ1n) is 27.0. The minimum Gasteiger partial charge on any atom is -0.465 e. The van der Waals surface area contributed by atoms with Gasteiger partial charge in [-0.2, -0.15) is 0 Å². The maximum absolute atomic E-state index is 11.6. The van der Waals surface area contributed by atoms with Crippen molar-refractivity contribution in [1.82, 2.24) is 0 Å². The molecule has 85 heavy (non-hydrogen) atoms. The third-order valence-corrected chi connectivity index (χ3v) is 12.3. The summed E-state index contributed by atoms with van der Waals surface area (Å²) in [7, 11) is 12.5. The van der Waals surface area contributed by atoms with Gasteiger partial charge in [0, 0.05) is 94.1 Å². The zero-order valence-electron chi connectivity index (χ0n) is 50.8. The highest BCUT2D eigenvalue weighted by atomic mass is 128. The third kappa shape index (κ3) is 29.7. The first-order valence-corrected chi connectivity index (χ1v) is 33.3. The Bertz CT molecular complexity index is 2200. The molecule has 4 aromatic heterocycles. The molecule has 10 heterocycles. The Kier molecular flexibility index (Phi) is 47.7. The lowest BCUT2D eigenvalue weighted by atomic mass is 9.80. The quantitative estimate of drug-likeness (QED) is 0.0294. The van der Waals surface area contributed by atoms with Gasteiger partial charge in [0.1, 0.15) is 36.0 Å². The lowest BCUT2D eigenvalue weighted by Crippen LogP contribution is -2.49. The number of rotatable bonds is 18. The summed E-state index contributed by atoms with van der Waals surface area (Å²) in [5.74, 6) is 2.07. The Labute approximate surface area is 525 Å². The van der Waals surface area contributed by atoms with Crippen molar-refractivity contribution in [2.24, 2.45) is 11.8 Å². The molecule has 4 saturated heterocycles. The van der Waals surface area contributed by atoms with E-state index in [0.29, 0.717) is 68.1 Å². The SMILES string of the molecule is C.CCCC.CCCC.COC(OC)C12C=CC(CC1C(C)=O)O2.COC(OC)C12C=CC(O1)C(C(C)=O)C2.COC(OC)c1ccco1.COC(OC)c1ccco1.II.O=C1CCO1.O=C1CCO1.O=Cc1ccco1.O=Cc1ccco1. The number of fused-ring (bicyclic) bond motifs is 4. The molecule has 6 unspecified atom stereocenters. The van der Waals surface area contributed by atoms with Crippen molar-refractivity contribution in [2.75, 3.05) is 70.1 Å². The van der Waals surface area contributed by atoms with Crippen LogP contribution >= 0.6 is 37.2 Å². The van der Waals surface area contributed by atoms with Crippen molar-refractivity contribution < 1.29 is 103 Å². The summed E-state index contributed by atoms with van der Waals surface area (Å²) in [5, 5.41) is 0. The number of cyclic esters (lactones) is 2. The van der Waals surface area contributed by atoms with Gasteiger partial charge in [-0.3, -0.25) is 28.8 Å². The highest BCUT2D eigenvalue weighted by Crippen LogP contribution is 2.47. The number of ether oxygens (including phenoxy) is 12. The molecule has 0 spiro atoms. The van der Waals surface area contributed by atoms with E-state index < -0.39 is 23.8 Å². The van der Waals surface area contributed by atoms with Crippen molar-refractivity contribution in [2.45, 2.75) is 149 Å². The van der Waals surface area contributed by atoms with Crippen LogP contribution in [0.25, 0.3) is 0 Å². The van der Waals surface area contributed by atoms with E-state index in [1.54, 1.807) is 132 Å². The van der Waals surface area contributed by atoms with Crippen LogP contribution in [0.1, 0.15) is 146 Å². The predicted molar refractivity (Wildman–Crippen MR) is 333 cm³/mol. The minimum atomic E-state index is -0.708. The molecule has 0 amide bonds. The molecule has 0 saturated carbocycles. The normalized spacial score (nSPS) is 20.5. The Hall–Kier alpha value is -4.72. The Morgan fingerprint density at radius 2 is 0.965 bits per heavy atom. The monoisotopic (exact) mass is 1430 g/mol. The molecule has 6 aliphatic rings. The molecule has 10 rings (SSSR count). The third-order valence-electron chi connectivity index (χ3n) is 12.3. The average molecular weight is 1430 g/mol. The maximum atomic E-state index is 11.6. The van der Waals surface area contributed by atoms with Gasteiger partial charge in [0.15, 0.2) is 48.2 Å². The van der Waals surface area contributed by atoms with E-state index in [4.69, 9.17) is 56.2 Å². The Balaban J connectivity index is 0. The van der Waals surface area contributed by atoms with Gasteiger partial charge in [-0.1, -0.05) is 73.0 Å². The van der Waals surface area contributed by atoms with Crippen LogP contribution in [0.15, 0.2) is 116 Å². The standard InChI is InChI=1S/2C11H16O4.2C7H10O3.2C5H4O2.2C4H10.2C3H4O2.CH4.I2/c1-7(12)8-6-11(10(13-2)14-3)5-4-9(8)15-11;1-7(12)9-6-8-4-5-11(9,15-8)10(13-2)14-3;2*1-8-7(9-2)6-4-3-5-10-6;2*6-4-5-2-1-3-7-5;2*1-3-4-2;2*4-3-1-2-5-3;;1-2/h2*4-5,8-10H,6H2,1-3H3;2*3-5,7H,1-2H3;2*1-4H;2*3-4H2,1-2H3;2*1-2H2;1H4;. The summed E-state index contributed by atoms with van der Waals surface area (Å²) < 4.78 is 80.1. The number of aldehydes is 2. The summed E-state index contributed by atoms with van der Waals surface area (Å²) in [6, 6.07) is 13.7. The number of unbranched alkanes of at least 4 members (excludes halogenated alkanes) is 2. The van der Waals surface area contributed by atoms with Crippen LogP contribution in [0.5, 0.6) is 0 Å². The van der Waals surface area contributed by atoms with Crippen LogP contribution in [0.4, 0.5) is 0 Å². The maximum Gasteiger partial charge on any atom is 0.309 e. The summed E-state index contributed by atoms with van der Waals surface area (Å²) in [4.78, 5) is 61.8. The fourth-order valence-corrected chi connectivity index (χ4v) is 7.66. The number of Topliss-reactive ketones (excluding diaryl/α,β-unsaturated/α-hetero) is 2. The molecule has 24 heteroatoms. The summed E-state index contributed by atoms with van der Waals surface area (Å²) >= 11 is 4.24. The Morgan fingerprint density at radius 1 is 0.576 bits per heavy atom. The van der Waals surface area contributed by atoms with Crippen LogP contribution < -0.4 is 0 Å². The molecule has 6 aliphatic heterocycles. The molecular weight excluding hydrogens is 1340 g/mol. The lowest BCUT2D eigenvalue weighted by Gasteiger charge is -2.34. The molecule has 4 aromatic rings. The highest BCUT2D eigenvalue weighted by molar-refractivity contribution is 15.0. The topological polar surface area (TPSA) is 266 Å². The zero-order chi connectivity index (χ0) is 63.4. The van der Waals surface area contributed by atoms with Crippen LogP contribution in [0.2, 0.25) is 0 Å². The number of methoxy groups -OCH3 is 8. The number of hydrogen-bond acceptors (Lipinski definition) is 22. The second-order valence-electron chi connectivity index (χ2n) is 18.0. The number of halogens is 2. The smallest absolute Gasteiger partial charge is 0.309 e. The number of esters is 2. The van der Waals surface area contributed by atoms with E-state index in [9.17, 15) is 28.8 Å². The molecular formula is C61H92I2O22. The number of furan rings is 4. The molecule has 0 N–H and O–H groups in total. The van der Waals surface area contributed by atoms with E-state index in [-0.39, 0.29) is 67.6 Å². The molecule has 6 atom stereocenters. The van der Waals surface area contributed by atoms with Crippen LogP contribution in [-0.2, 0) is 76.0 Å². The second-order valence-corrected chi connectivity index (χ2v) is 18.0. The summed E-state index contributed by atoms with van der Waals surface area (Å²) in [5.41, 5.74) is -1.27. The second kappa shape index (κ2) is 49.3. The average Bonchev–Trinajstić information content (AvgIpc) is 1.88. The van der Waals surface area contributed by atoms with Gasteiger partial charge < -0.3 is 74.5 Å². The molecule has 482 valence electrons. The van der Waals surface area contributed by atoms with Crippen LogP contribution in [-0.4, -0.2) is 142 Å². The van der Waals surface area contributed by atoms with Gasteiger partial charge in [-0.15, -0.1) is 0 Å². The van der Waals surface area contributed by atoms with E-state index in [1.165, 1.54) is 38.2 Å². The largest absolute Gasteiger partial charge is 0.465 e. The number of carbonyl (C=O) groups is 6. The predicted octanol–water partition coefficient (Wildman–Crippen LogP) is 13.0. The molecule has 4 fully saturated rings. The lowest BCUT2D eigenvalue weighted by molar-refractivity contribution is -0.210. The first-order chi connectivity index (χ1) is 40.5. The molecule has 0 aliphatic carbocycles. The van der Waals surface area contributed by atoms with E-state index in [2.05, 4.69) is 83.2 Å². The zero-order valence-corrected chi connectivity index (χ0v) is 55.1. The summed E-state index contributed by atoms with van der Waals surface area (Å²) in [6.45, 7) is 13.2. The van der Waals surface area contributed by atoms with Gasteiger partial charge in [0.05, 0.1) is 61.9 Å². The number of hydrogen-bond donors (Lipinski definition) is 0. The van der Waals surface area contributed by atoms with E-state index in [0.717, 1.165) is 6.42 Å². The van der Waals surface area contributed by atoms with Crippen molar-refractivity contribution in [3.05, 3.63) is 121 Å². The molecule has 0 aromatic carbocycles. The minimum absolute atomic E-state index is 0. The fraction of sp³-hybridized carbons (Fsp3) is 0.574. The van der Waals surface area contributed by atoms with Crippen LogP contribution in [0.3, 0.4) is 0 Å². The first kappa shape index (κ1) is 82.3.